The van der Waals surface area contributed by atoms with Crippen LogP contribution in [0.1, 0.15) is 0 Å². The first-order chi connectivity index (χ1) is 11.8. The fourth-order valence-electron chi connectivity index (χ4n) is 2.14. The molecule has 0 aliphatic carbocycles. The second kappa shape index (κ2) is 19.8. The van der Waals surface area contributed by atoms with Gasteiger partial charge in [0.15, 0.2) is 0 Å². The van der Waals surface area contributed by atoms with Gasteiger partial charge < -0.3 is 0 Å². The third kappa shape index (κ3) is 12.2. The normalized spacial score (nSPS) is 7.93. The largest absolute Gasteiger partial charge is 2.00 e. The van der Waals surface area contributed by atoms with Gasteiger partial charge in [0.2, 0.25) is 0 Å². The van der Waals surface area contributed by atoms with Gasteiger partial charge in [-0.1, -0.05) is 25.2 Å². The zero-order chi connectivity index (χ0) is 17.6. The Morgan fingerprint density at radius 1 is 0.704 bits per heavy atom. The molecule has 0 fully saturated rings. The van der Waals surface area contributed by atoms with Gasteiger partial charge >= 0.3 is 30.1 Å². The molecular formula is C20H23Cl2O2PSiTi. The van der Waals surface area contributed by atoms with Crippen LogP contribution in [0.15, 0.2) is 84.9 Å². The summed E-state index contributed by atoms with van der Waals surface area (Å²) in [5.74, 6) is 0. The van der Waals surface area contributed by atoms with E-state index in [-0.39, 0.29) is 46.5 Å². The molecule has 0 heterocycles. The Hall–Kier alpha value is -0.929. The van der Waals surface area contributed by atoms with Crippen LogP contribution >= 0.6 is 33.2 Å². The Balaban J connectivity index is -0.000000307. The second-order valence-corrected chi connectivity index (χ2v) is 6.06. The van der Waals surface area contributed by atoms with E-state index in [0.717, 1.165) is 9.52 Å². The number of halogens is 2. The monoisotopic (exact) mass is 472 g/mol. The topological polar surface area (TPSA) is 34.1 Å². The van der Waals surface area contributed by atoms with E-state index in [4.69, 9.17) is 9.13 Å². The number of rotatable bonds is 0. The maximum Gasteiger partial charge on any atom is 2.00 e. The molecule has 2 radical (unpaired) electrons. The van der Waals surface area contributed by atoms with Gasteiger partial charge in [-0.3, -0.25) is 0 Å². The maximum absolute atomic E-state index is 8.40. The molecule has 0 unspecified atom stereocenters. The Morgan fingerprint density at radius 3 is 1.30 bits per heavy atom. The van der Waals surface area contributed by atoms with Crippen molar-refractivity contribution in [1.29, 1.82) is 0 Å². The van der Waals surface area contributed by atoms with Crippen LogP contribution in [0.2, 0.25) is 13.1 Å². The van der Waals surface area contributed by atoms with E-state index >= 15 is 0 Å². The van der Waals surface area contributed by atoms with Gasteiger partial charge in [-0.2, -0.15) is 35.0 Å². The average Bonchev–Trinajstić information content (AvgIpc) is 3.26. The van der Waals surface area contributed by atoms with Gasteiger partial charge in [0.05, 0.1) is 0 Å². The van der Waals surface area contributed by atoms with E-state index in [9.17, 15) is 0 Å². The molecule has 0 spiro atoms. The summed E-state index contributed by atoms with van der Waals surface area (Å²) < 4.78 is 16.8. The smallest absolute Gasteiger partial charge is 0.241 e. The third-order valence-electron chi connectivity index (χ3n) is 3.10. The van der Waals surface area contributed by atoms with Crippen LogP contribution in [-0.2, 0) is 30.8 Å². The minimum atomic E-state index is -1.42. The van der Waals surface area contributed by atoms with Gasteiger partial charge in [0, 0.05) is 9.52 Å². The molecule has 4 rings (SSSR count). The Labute approximate surface area is 192 Å². The van der Waals surface area contributed by atoms with Gasteiger partial charge in [-0.25, -0.2) is 9.13 Å². The summed E-state index contributed by atoms with van der Waals surface area (Å²) in [6.07, 6.45) is 0. The number of fused-ring (bicyclic) bond motifs is 2. The Kier molecular flexibility index (Phi) is 22.6. The summed E-state index contributed by atoms with van der Waals surface area (Å²) in [6.45, 7) is 4.31. The van der Waals surface area contributed by atoms with Crippen molar-refractivity contribution >= 4 is 64.2 Å². The van der Waals surface area contributed by atoms with Crippen molar-refractivity contribution in [2.75, 3.05) is 0 Å². The molecule has 0 aliphatic heterocycles. The van der Waals surface area contributed by atoms with E-state index in [2.05, 4.69) is 98.0 Å². The van der Waals surface area contributed by atoms with Crippen LogP contribution < -0.4 is 0 Å². The van der Waals surface area contributed by atoms with E-state index in [1.807, 2.05) is 0 Å². The molecule has 2 nitrogen and oxygen atoms in total. The second-order valence-electron chi connectivity index (χ2n) is 4.89. The predicted molar refractivity (Wildman–Crippen MR) is 121 cm³/mol. The average molecular weight is 473 g/mol. The van der Waals surface area contributed by atoms with Crippen LogP contribution in [0, 0.1) is 0 Å². The van der Waals surface area contributed by atoms with Crippen molar-refractivity contribution in [3.8, 4) is 0 Å². The predicted octanol–water partition coefficient (Wildman–Crippen LogP) is 7.10. The van der Waals surface area contributed by atoms with E-state index in [0.29, 0.717) is 0 Å². The standard InChI is InChI=1S/2C9H7.C2H6Si.2ClH.HO2P.Ti/c2*1-2-5-9-7-3-6-8(9)4-1;1-3-2;;;1-3-2;/h2*1-7H;1-2H3;2*1H;3H;/q2*-1;;;;;+2. The molecule has 0 saturated heterocycles. The van der Waals surface area contributed by atoms with Crippen molar-refractivity contribution < 1.29 is 30.8 Å². The Morgan fingerprint density at radius 2 is 1.00 bits per heavy atom. The summed E-state index contributed by atoms with van der Waals surface area (Å²) in [5.41, 5.74) is 0. The van der Waals surface area contributed by atoms with E-state index in [1.54, 1.807) is 0 Å². The molecule has 0 atom stereocenters. The molecule has 142 valence electrons. The summed E-state index contributed by atoms with van der Waals surface area (Å²) in [5, 5.41) is 5.32. The molecule has 7 heteroatoms. The minimum Gasteiger partial charge on any atom is -0.241 e. The fraction of sp³-hybridized carbons (Fsp3) is 0.100. The first-order valence-electron chi connectivity index (χ1n) is 7.55. The fourth-order valence-corrected chi connectivity index (χ4v) is 2.14. The third-order valence-corrected chi connectivity index (χ3v) is 3.10. The van der Waals surface area contributed by atoms with Crippen molar-refractivity contribution in [3.63, 3.8) is 0 Å². The van der Waals surface area contributed by atoms with Gasteiger partial charge in [-0.15, -0.1) is 84.1 Å². The summed E-state index contributed by atoms with van der Waals surface area (Å²) in [7, 11) is -0.333. The van der Waals surface area contributed by atoms with Gasteiger partial charge in [0.25, 0.3) is 0 Å². The minimum absolute atomic E-state index is 0. The van der Waals surface area contributed by atoms with E-state index in [1.165, 1.54) is 21.5 Å². The van der Waals surface area contributed by atoms with Crippen LogP contribution in [0.5, 0.6) is 0 Å². The zero-order valence-electron chi connectivity index (χ0n) is 15.2. The number of benzene rings is 2. The molecule has 4 aromatic rings. The molecular weight excluding hydrogens is 450 g/mol. The molecule has 0 bridgehead atoms. The number of hydrogen-bond donors (Lipinski definition) is 0. The zero-order valence-corrected chi connectivity index (χ0v) is 20.4. The molecule has 27 heavy (non-hydrogen) atoms. The first kappa shape index (κ1) is 30.8. The van der Waals surface area contributed by atoms with Gasteiger partial charge in [-0.05, 0) is 0 Å². The molecule has 0 aliphatic rings. The molecule has 0 saturated carbocycles. The van der Waals surface area contributed by atoms with Crippen molar-refractivity contribution in [3.05, 3.63) is 84.9 Å². The summed E-state index contributed by atoms with van der Waals surface area (Å²) in [4.78, 5) is 0. The maximum atomic E-state index is 8.40. The first-order valence-corrected chi connectivity index (χ1v) is 10.4. The van der Waals surface area contributed by atoms with Crippen molar-refractivity contribution in [1.82, 2.24) is 0 Å². The summed E-state index contributed by atoms with van der Waals surface area (Å²) in [6, 6.07) is 29.3. The van der Waals surface area contributed by atoms with Crippen LogP contribution in [0.4, 0.5) is 0 Å². The summed E-state index contributed by atoms with van der Waals surface area (Å²) >= 11 is 0. The Bertz CT molecular complexity index is 748. The van der Waals surface area contributed by atoms with Crippen LogP contribution in [0.25, 0.3) is 21.5 Å². The van der Waals surface area contributed by atoms with Crippen molar-refractivity contribution in [2.45, 2.75) is 13.1 Å². The van der Waals surface area contributed by atoms with Gasteiger partial charge in [0.1, 0.15) is 0 Å². The molecule has 4 aromatic carbocycles. The SMILES string of the molecule is C[Si]C.Cl.Cl.O=[PH]=O.[Ti+2].c1ccc2[cH-]ccc2c1.c1ccc2[cH-]ccc2c1. The van der Waals surface area contributed by atoms with Crippen LogP contribution in [0.3, 0.4) is 0 Å². The number of hydrogen-bond acceptors (Lipinski definition) is 2. The molecule has 0 N–H and O–H groups in total. The molecule has 0 amide bonds. The van der Waals surface area contributed by atoms with Crippen molar-refractivity contribution in [2.24, 2.45) is 0 Å². The quantitative estimate of drug-likeness (QED) is 0.155. The molecule has 0 aromatic heterocycles. The van der Waals surface area contributed by atoms with Crippen LogP contribution in [-0.4, -0.2) is 9.52 Å². The van der Waals surface area contributed by atoms with E-state index < -0.39 is 8.34 Å².